The number of nitrogens with zero attached hydrogens (tertiary/aromatic N) is 1. The van der Waals surface area contributed by atoms with Crippen molar-refractivity contribution in [2.24, 2.45) is 0 Å². The summed E-state index contributed by atoms with van der Waals surface area (Å²) in [6.07, 6.45) is 0. The van der Waals surface area contributed by atoms with Crippen molar-refractivity contribution in [1.29, 1.82) is 0 Å². The Bertz CT molecular complexity index is 973. The molecule has 1 nitrogen and oxygen atoms in total. The van der Waals surface area contributed by atoms with Gasteiger partial charge in [-0.25, -0.2) is 0 Å². The second-order valence-electron chi connectivity index (χ2n) is 6.20. The summed E-state index contributed by atoms with van der Waals surface area (Å²) in [5, 5.41) is 5.35. The van der Waals surface area contributed by atoms with Gasteiger partial charge >= 0.3 is 0 Å². The van der Waals surface area contributed by atoms with Gasteiger partial charge in [0.1, 0.15) is 0 Å². The first-order valence-corrected chi connectivity index (χ1v) is 7.58. The molecule has 0 spiro atoms. The fraction of sp³-hybridized carbons (Fsp3) is 0.200. The molecule has 0 unspecified atom stereocenters. The molecule has 0 aliphatic rings. The van der Waals surface area contributed by atoms with Crippen molar-refractivity contribution in [3.63, 3.8) is 0 Å². The number of hydrogen-bond acceptors (Lipinski definition) is 0. The van der Waals surface area contributed by atoms with Crippen molar-refractivity contribution in [2.75, 3.05) is 0 Å². The molecule has 104 valence electrons. The van der Waals surface area contributed by atoms with E-state index >= 15 is 0 Å². The summed E-state index contributed by atoms with van der Waals surface area (Å²) < 4.78 is 2.45. The summed E-state index contributed by atoms with van der Waals surface area (Å²) in [7, 11) is 0. The summed E-state index contributed by atoms with van der Waals surface area (Å²) in [4.78, 5) is 0. The Morgan fingerprint density at radius 3 is 2.14 bits per heavy atom. The van der Waals surface area contributed by atoms with Crippen molar-refractivity contribution < 1.29 is 0 Å². The zero-order valence-electron chi connectivity index (χ0n) is 12.7. The summed E-state index contributed by atoms with van der Waals surface area (Å²) in [6, 6.07) is 20.5. The fourth-order valence-corrected chi connectivity index (χ4v) is 3.41. The molecule has 1 heteroatoms. The first-order chi connectivity index (χ1) is 10.1. The van der Waals surface area contributed by atoms with Crippen LogP contribution < -0.4 is 0 Å². The van der Waals surface area contributed by atoms with Gasteiger partial charge in [0.15, 0.2) is 0 Å². The highest BCUT2D eigenvalue weighted by atomic mass is 15.0. The molecule has 0 atom stereocenters. The predicted molar refractivity (Wildman–Crippen MR) is 92.1 cm³/mol. The van der Waals surface area contributed by atoms with Crippen molar-refractivity contribution >= 4 is 32.6 Å². The number of hydrogen-bond donors (Lipinski definition) is 0. The Balaban J connectivity index is 2.28. The maximum atomic E-state index is 2.45. The van der Waals surface area contributed by atoms with E-state index in [0.29, 0.717) is 6.04 Å². The van der Waals surface area contributed by atoms with Gasteiger partial charge < -0.3 is 4.57 Å². The Morgan fingerprint density at radius 1 is 0.762 bits per heavy atom. The topological polar surface area (TPSA) is 4.93 Å². The molecule has 0 N–H and O–H groups in total. The van der Waals surface area contributed by atoms with Gasteiger partial charge in [0.2, 0.25) is 0 Å². The summed E-state index contributed by atoms with van der Waals surface area (Å²) >= 11 is 0. The molecule has 0 fully saturated rings. The lowest BCUT2D eigenvalue weighted by Gasteiger charge is -2.12. The van der Waals surface area contributed by atoms with E-state index in [-0.39, 0.29) is 0 Å². The van der Waals surface area contributed by atoms with Gasteiger partial charge in [-0.1, -0.05) is 35.9 Å². The van der Waals surface area contributed by atoms with Crippen LogP contribution in [0.4, 0.5) is 0 Å². The third-order valence-electron chi connectivity index (χ3n) is 4.34. The zero-order chi connectivity index (χ0) is 14.6. The molecule has 0 radical (unpaired) electrons. The minimum Gasteiger partial charge on any atom is -0.338 e. The van der Waals surface area contributed by atoms with Crippen LogP contribution in [0.15, 0.2) is 54.6 Å². The second kappa shape index (κ2) is 4.36. The first kappa shape index (κ1) is 12.5. The molecule has 0 amide bonds. The maximum Gasteiger partial charge on any atom is 0.0500 e. The highest BCUT2D eigenvalue weighted by Crippen LogP contribution is 2.34. The monoisotopic (exact) mass is 273 g/mol. The van der Waals surface area contributed by atoms with E-state index in [4.69, 9.17) is 0 Å². The second-order valence-corrected chi connectivity index (χ2v) is 6.20. The number of rotatable bonds is 1. The molecule has 1 heterocycles. The number of benzene rings is 3. The largest absolute Gasteiger partial charge is 0.338 e. The molecule has 21 heavy (non-hydrogen) atoms. The van der Waals surface area contributed by atoms with Gasteiger partial charge in [-0.15, -0.1) is 0 Å². The van der Waals surface area contributed by atoms with Crippen LogP contribution in [-0.2, 0) is 0 Å². The summed E-state index contributed by atoms with van der Waals surface area (Å²) in [6.45, 7) is 6.68. The van der Waals surface area contributed by atoms with Crippen molar-refractivity contribution in [3.05, 3.63) is 60.2 Å². The smallest absolute Gasteiger partial charge is 0.0500 e. The van der Waals surface area contributed by atoms with Crippen molar-refractivity contribution in [1.82, 2.24) is 4.57 Å². The quantitative estimate of drug-likeness (QED) is 0.411. The van der Waals surface area contributed by atoms with Crippen molar-refractivity contribution in [3.8, 4) is 0 Å². The molecular formula is C20H19N. The molecule has 0 bridgehead atoms. The van der Waals surface area contributed by atoms with Crippen LogP contribution in [0.3, 0.4) is 0 Å². The molecule has 4 rings (SSSR count). The Hall–Kier alpha value is -2.28. The minimum absolute atomic E-state index is 0.453. The van der Waals surface area contributed by atoms with Gasteiger partial charge in [0.05, 0.1) is 0 Å². The van der Waals surface area contributed by atoms with Crippen LogP contribution in [0.5, 0.6) is 0 Å². The predicted octanol–water partition coefficient (Wildman–Crippen LogP) is 5.84. The van der Waals surface area contributed by atoms with Crippen LogP contribution in [-0.4, -0.2) is 4.57 Å². The molecule has 0 aliphatic carbocycles. The number of aryl methyl sites for hydroxylation is 1. The lowest BCUT2D eigenvalue weighted by molar-refractivity contribution is 0.642. The maximum absolute atomic E-state index is 2.45. The minimum atomic E-state index is 0.453. The van der Waals surface area contributed by atoms with Crippen LogP contribution in [0, 0.1) is 6.92 Å². The van der Waals surface area contributed by atoms with Gasteiger partial charge in [-0.3, -0.25) is 0 Å². The molecule has 0 aliphatic heterocycles. The molecule has 3 aromatic carbocycles. The van der Waals surface area contributed by atoms with E-state index in [1.807, 2.05) is 0 Å². The molecule has 4 aromatic rings. The average molecular weight is 273 g/mol. The van der Waals surface area contributed by atoms with E-state index < -0.39 is 0 Å². The number of fused-ring (bicyclic) bond motifs is 4. The van der Waals surface area contributed by atoms with Crippen LogP contribution in [0.1, 0.15) is 25.5 Å². The Labute approximate surface area is 124 Å². The van der Waals surface area contributed by atoms with Gasteiger partial charge in [0, 0.05) is 27.8 Å². The first-order valence-electron chi connectivity index (χ1n) is 7.58. The molecule has 0 saturated carbocycles. The van der Waals surface area contributed by atoms with E-state index in [1.54, 1.807) is 0 Å². The van der Waals surface area contributed by atoms with E-state index in [2.05, 4.69) is 79.9 Å². The van der Waals surface area contributed by atoms with Gasteiger partial charge in [0.25, 0.3) is 0 Å². The SMILES string of the molecule is Cc1ccc2c(c1)c1cc3ccccc3cc1n2C(C)C. The normalized spacial score (nSPS) is 12.0. The standard InChI is InChI=1S/C20H19N/c1-13(2)21-19-9-8-14(3)10-17(19)18-11-15-6-4-5-7-16(15)12-20(18)21/h4-13H,1-3H3. The average Bonchev–Trinajstić information content (AvgIpc) is 2.78. The van der Waals surface area contributed by atoms with Crippen molar-refractivity contribution in [2.45, 2.75) is 26.8 Å². The summed E-state index contributed by atoms with van der Waals surface area (Å²) in [5.41, 5.74) is 3.99. The fourth-order valence-electron chi connectivity index (χ4n) is 3.41. The van der Waals surface area contributed by atoms with Gasteiger partial charge in [-0.05, 0) is 55.8 Å². The van der Waals surface area contributed by atoms with E-state index in [1.165, 1.54) is 38.1 Å². The zero-order valence-corrected chi connectivity index (χ0v) is 12.7. The third kappa shape index (κ3) is 1.77. The Morgan fingerprint density at radius 2 is 1.43 bits per heavy atom. The number of aromatic nitrogens is 1. The van der Waals surface area contributed by atoms with Crippen LogP contribution >= 0.6 is 0 Å². The molecular weight excluding hydrogens is 254 g/mol. The van der Waals surface area contributed by atoms with Crippen LogP contribution in [0.2, 0.25) is 0 Å². The van der Waals surface area contributed by atoms with E-state index in [9.17, 15) is 0 Å². The lowest BCUT2D eigenvalue weighted by atomic mass is 10.1. The van der Waals surface area contributed by atoms with Crippen LogP contribution in [0.25, 0.3) is 32.6 Å². The lowest BCUT2D eigenvalue weighted by Crippen LogP contribution is -1.99. The third-order valence-corrected chi connectivity index (χ3v) is 4.34. The molecule has 1 aromatic heterocycles. The van der Waals surface area contributed by atoms with E-state index in [0.717, 1.165) is 0 Å². The highest BCUT2D eigenvalue weighted by molar-refractivity contribution is 6.12. The Kier molecular flexibility index (Phi) is 2.58. The van der Waals surface area contributed by atoms with Gasteiger partial charge in [-0.2, -0.15) is 0 Å². The molecule has 0 saturated heterocycles. The highest BCUT2D eigenvalue weighted by Gasteiger charge is 2.13. The summed E-state index contributed by atoms with van der Waals surface area (Å²) in [5.74, 6) is 0.